The molecule has 0 aliphatic carbocycles. The van der Waals surface area contributed by atoms with E-state index in [0.717, 1.165) is 0 Å². The molecule has 0 aromatic heterocycles. The van der Waals surface area contributed by atoms with Crippen LogP contribution in [0, 0.1) is 0 Å². The first kappa shape index (κ1) is 23.8. The van der Waals surface area contributed by atoms with E-state index in [-0.39, 0.29) is 25.9 Å². The average Bonchev–Trinajstić information content (AvgIpc) is 2.67. The van der Waals surface area contributed by atoms with E-state index in [1.165, 1.54) is 28.6 Å². The van der Waals surface area contributed by atoms with Gasteiger partial charge in [0.1, 0.15) is 6.04 Å². The van der Waals surface area contributed by atoms with Crippen molar-refractivity contribution in [3.05, 3.63) is 51.5 Å². The van der Waals surface area contributed by atoms with E-state index in [1.807, 2.05) is 0 Å². The molecule has 1 amide bonds. The third-order valence-electron chi connectivity index (χ3n) is 4.22. The van der Waals surface area contributed by atoms with Gasteiger partial charge >= 0.3 is 0 Å². The Labute approximate surface area is 186 Å². The summed E-state index contributed by atoms with van der Waals surface area (Å²) < 4.78 is 26.7. The van der Waals surface area contributed by atoms with Crippen LogP contribution in [0.3, 0.4) is 0 Å². The standard InChI is InChI=1S/C19H22Cl3N3O3S/c1-4-25(5-2)29(27,28)14-8-6-7-13(9-14)23-12(3)19(26)24-18-11-16(21)15(20)10-17(18)22/h6-12,23H,4-5H2,1-3H3,(H,24,26). The lowest BCUT2D eigenvalue weighted by molar-refractivity contribution is -0.116. The second kappa shape index (κ2) is 10.00. The SMILES string of the molecule is CCN(CC)S(=O)(=O)c1cccc(NC(C)C(=O)Nc2cc(Cl)c(Cl)cc2Cl)c1. The maximum absolute atomic E-state index is 12.7. The van der Waals surface area contributed by atoms with Crippen LogP contribution in [-0.2, 0) is 14.8 Å². The van der Waals surface area contributed by atoms with Gasteiger partial charge in [0.2, 0.25) is 15.9 Å². The van der Waals surface area contributed by atoms with Gasteiger partial charge in [-0.25, -0.2) is 8.42 Å². The molecular weight excluding hydrogens is 457 g/mol. The number of nitrogens with zero attached hydrogens (tertiary/aromatic N) is 1. The molecule has 2 aromatic carbocycles. The molecule has 0 heterocycles. The summed E-state index contributed by atoms with van der Waals surface area (Å²) in [6, 6.07) is 8.58. The highest BCUT2D eigenvalue weighted by Gasteiger charge is 2.22. The van der Waals surface area contributed by atoms with Gasteiger partial charge in [-0.05, 0) is 37.3 Å². The molecule has 2 N–H and O–H groups in total. The molecule has 0 fully saturated rings. The summed E-state index contributed by atoms with van der Waals surface area (Å²) in [5, 5.41) is 6.48. The maximum Gasteiger partial charge on any atom is 0.246 e. The van der Waals surface area contributed by atoms with Gasteiger partial charge in [-0.1, -0.05) is 54.7 Å². The van der Waals surface area contributed by atoms with E-state index in [1.54, 1.807) is 32.9 Å². The lowest BCUT2D eigenvalue weighted by atomic mass is 10.2. The molecule has 158 valence electrons. The van der Waals surface area contributed by atoms with E-state index in [4.69, 9.17) is 34.8 Å². The molecule has 6 nitrogen and oxygen atoms in total. The van der Waals surface area contributed by atoms with E-state index >= 15 is 0 Å². The molecule has 1 unspecified atom stereocenters. The number of carbonyl (C=O) groups excluding carboxylic acids is 1. The number of benzene rings is 2. The molecule has 2 aromatic rings. The van der Waals surface area contributed by atoms with Crippen LogP contribution in [0.1, 0.15) is 20.8 Å². The van der Waals surface area contributed by atoms with Crippen LogP contribution < -0.4 is 10.6 Å². The number of anilines is 2. The summed E-state index contributed by atoms with van der Waals surface area (Å²) >= 11 is 18.0. The number of halogens is 3. The third-order valence-corrected chi connectivity index (χ3v) is 7.30. The van der Waals surface area contributed by atoms with Crippen molar-refractivity contribution < 1.29 is 13.2 Å². The zero-order chi connectivity index (χ0) is 21.8. The number of carbonyl (C=O) groups is 1. The number of hydrogen-bond acceptors (Lipinski definition) is 4. The van der Waals surface area contributed by atoms with Gasteiger partial charge in [-0.3, -0.25) is 4.79 Å². The van der Waals surface area contributed by atoms with Crippen LogP contribution in [0.25, 0.3) is 0 Å². The Morgan fingerprint density at radius 1 is 1.03 bits per heavy atom. The van der Waals surface area contributed by atoms with Crippen LogP contribution in [-0.4, -0.2) is 37.8 Å². The molecule has 0 aliphatic rings. The minimum atomic E-state index is -3.59. The normalized spacial score (nSPS) is 12.7. The van der Waals surface area contributed by atoms with E-state index in [9.17, 15) is 13.2 Å². The molecule has 1 atom stereocenters. The van der Waals surface area contributed by atoms with Crippen molar-refractivity contribution in [3.8, 4) is 0 Å². The summed E-state index contributed by atoms with van der Waals surface area (Å²) in [6.45, 7) is 5.96. The molecule has 29 heavy (non-hydrogen) atoms. The zero-order valence-corrected chi connectivity index (χ0v) is 19.3. The smallest absolute Gasteiger partial charge is 0.246 e. The Morgan fingerprint density at radius 3 is 2.28 bits per heavy atom. The van der Waals surface area contributed by atoms with Gasteiger partial charge in [-0.2, -0.15) is 4.31 Å². The molecule has 2 rings (SSSR count). The fraction of sp³-hybridized carbons (Fsp3) is 0.316. The number of nitrogens with one attached hydrogen (secondary N) is 2. The van der Waals surface area contributed by atoms with Crippen molar-refractivity contribution >= 4 is 62.1 Å². The minimum Gasteiger partial charge on any atom is -0.374 e. The van der Waals surface area contributed by atoms with Crippen molar-refractivity contribution in [3.63, 3.8) is 0 Å². The lowest BCUT2D eigenvalue weighted by Gasteiger charge is -2.20. The zero-order valence-electron chi connectivity index (χ0n) is 16.2. The van der Waals surface area contributed by atoms with E-state index < -0.39 is 16.1 Å². The van der Waals surface area contributed by atoms with Crippen molar-refractivity contribution in [2.45, 2.75) is 31.7 Å². The van der Waals surface area contributed by atoms with Crippen LogP contribution in [0.15, 0.2) is 41.3 Å². The minimum absolute atomic E-state index is 0.159. The second-order valence-electron chi connectivity index (χ2n) is 6.22. The first-order chi connectivity index (χ1) is 13.6. The Kier molecular flexibility index (Phi) is 8.19. The highest BCUT2D eigenvalue weighted by Crippen LogP contribution is 2.32. The van der Waals surface area contributed by atoms with Crippen molar-refractivity contribution in [1.29, 1.82) is 0 Å². The fourth-order valence-corrected chi connectivity index (χ4v) is 4.73. The second-order valence-corrected chi connectivity index (χ2v) is 9.38. The average molecular weight is 479 g/mol. The number of amides is 1. The van der Waals surface area contributed by atoms with Gasteiger partial charge in [0.05, 0.1) is 25.7 Å². The Hall–Kier alpha value is -1.51. The van der Waals surface area contributed by atoms with E-state index in [0.29, 0.717) is 24.5 Å². The number of hydrogen-bond donors (Lipinski definition) is 2. The molecule has 0 spiro atoms. The van der Waals surface area contributed by atoms with E-state index in [2.05, 4.69) is 10.6 Å². The Bertz CT molecular complexity index is 995. The molecule has 0 saturated heterocycles. The van der Waals surface area contributed by atoms with Crippen molar-refractivity contribution in [2.24, 2.45) is 0 Å². The third kappa shape index (κ3) is 5.77. The van der Waals surface area contributed by atoms with Crippen molar-refractivity contribution in [2.75, 3.05) is 23.7 Å². The quantitative estimate of drug-likeness (QED) is 0.516. The van der Waals surface area contributed by atoms with Crippen LogP contribution >= 0.6 is 34.8 Å². The van der Waals surface area contributed by atoms with Crippen molar-refractivity contribution in [1.82, 2.24) is 4.31 Å². The van der Waals surface area contributed by atoms with Gasteiger partial charge in [0, 0.05) is 18.8 Å². The highest BCUT2D eigenvalue weighted by atomic mass is 35.5. The van der Waals surface area contributed by atoms with Gasteiger partial charge in [-0.15, -0.1) is 0 Å². The summed E-state index contributed by atoms with van der Waals surface area (Å²) in [5.41, 5.74) is 0.832. The van der Waals surface area contributed by atoms with Crippen LogP contribution in [0.5, 0.6) is 0 Å². The topological polar surface area (TPSA) is 78.5 Å². The predicted octanol–water partition coefficient (Wildman–Crippen LogP) is 5.12. The number of sulfonamides is 1. The maximum atomic E-state index is 12.7. The lowest BCUT2D eigenvalue weighted by Crippen LogP contribution is -2.32. The molecule has 10 heteroatoms. The first-order valence-electron chi connectivity index (χ1n) is 8.92. The first-order valence-corrected chi connectivity index (χ1v) is 11.5. The molecule has 0 aliphatic heterocycles. The monoisotopic (exact) mass is 477 g/mol. The van der Waals surface area contributed by atoms with Crippen LogP contribution in [0.4, 0.5) is 11.4 Å². The summed E-state index contributed by atoms with van der Waals surface area (Å²) in [7, 11) is -3.59. The molecule has 0 bridgehead atoms. The van der Waals surface area contributed by atoms with Gasteiger partial charge in [0.15, 0.2) is 0 Å². The van der Waals surface area contributed by atoms with Crippen LogP contribution in [0.2, 0.25) is 15.1 Å². The highest BCUT2D eigenvalue weighted by molar-refractivity contribution is 7.89. The number of rotatable bonds is 8. The van der Waals surface area contributed by atoms with Gasteiger partial charge < -0.3 is 10.6 Å². The van der Waals surface area contributed by atoms with Gasteiger partial charge in [0.25, 0.3) is 0 Å². The Balaban J connectivity index is 2.16. The summed E-state index contributed by atoms with van der Waals surface area (Å²) in [5.74, 6) is -0.373. The molecule has 0 radical (unpaired) electrons. The fourth-order valence-electron chi connectivity index (χ4n) is 2.63. The summed E-state index contributed by atoms with van der Waals surface area (Å²) in [4.78, 5) is 12.7. The predicted molar refractivity (Wildman–Crippen MR) is 120 cm³/mol. The Morgan fingerprint density at radius 2 is 1.66 bits per heavy atom. The molecular formula is C19H22Cl3N3O3S. The molecule has 0 saturated carbocycles. The summed E-state index contributed by atoms with van der Waals surface area (Å²) in [6.07, 6.45) is 0. The largest absolute Gasteiger partial charge is 0.374 e.